The predicted molar refractivity (Wildman–Crippen MR) is 187 cm³/mol. The van der Waals surface area contributed by atoms with Crippen LogP contribution in [0.1, 0.15) is 0 Å². The van der Waals surface area contributed by atoms with E-state index in [0.29, 0.717) is 23.2 Å². The number of hydrogen-bond acceptors (Lipinski definition) is 8. The van der Waals surface area contributed by atoms with E-state index in [-0.39, 0.29) is 0 Å². The van der Waals surface area contributed by atoms with Crippen molar-refractivity contribution in [3.63, 3.8) is 0 Å². The normalized spacial score (nSPS) is 10.9. The van der Waals surface area contributed by atoms with Gasteiger partial charge in [-0.1, -0.05) is 78.9 Å². The lowest BCUT2D eigenvalue weighted by Crippen LogP contribution is -2.01. The molecule has 0 aliphatic rings. The first-order chi connectivity index (χ1) is 23.8. The first-order valence-corrected chi connectivity index (χ1v) is 15.4. The number of pyridine rings is 5. The lowest BCUT2D eigenvalue weighted by molar-refractivity contribution is 1.06. The molecule has 6 aromatic heterocycles. The summed E-state index contributed by atoms with van der Waals surface area (Å²) in [6, 6.07) is 43.4. The summed E-state index contributed by atoms with van der Waals surface area (Å²) in [6.45, 7) is 0. The van der Waals surface area contributed by atoms with Crippen LogP contribution >= 0.6 is 0 Å². The van der Waals surface area contributed by atoms with Gasteiger partial charge in [0.2, 0.25) is 0 Å². The molecule has 0 atom stereocenters. The van der Waals surface area contributed by atoms with Gasteiger partial charge in [-0.2, -0.15) is 0 Å². The topological polar surface area (TPSA) is 103 Å². The van der Waals surface area contributed by atoms with E-state index >= 15 is 0 Å². The second-order valence-electron chi connectivity index (χ2n) is 11.0. The molecular weight excluding hydrogens is 592 g/mol. The fourth-order valence-electron chi connectivity index (χ4n) is 5.32. The maximum atomic E-state index is 4.88. The Bertz CT molecular complexity index is 2010. The average molecular weight is 619 g/mol. The van der Waals surface area contributed by atoms with Crippen molar-refractivity contribution in [1.82, 2.24) is 39.9 Å². The molecule has 0 saturated carbocycles. The Balaban J connectivity index is 1.11. The van der Waals surface area contributed by atoms with Gasteiger partial charge >= 0.3 is 0 Å². The minimum atomic E-state index is 0.502. The second-order valence-corrected chi connectivity index (χ2v) is 11.0. The van der Waals surface area contributed by atoms with E-state index in [1.165, 1.54) is 0 Å². The van der Waals surface area contributed by atoms with Crippen LogP contribution < -0.4 is 0 Å². The summed E-state index contributed by atoms with van der Waals surface area (Å²) in [5.74, 6) is 1.69. The SMILES string of the molecule is c1ccc(-c2nc(-c3ccccc3)nc(-c3ccc(-c4ccc(-c5cc(-c6ccccn6)nc(-c6ccccn6)c5)cn4)cn3)n2)cc1. The Hall–Kier alpha value is -6.80. The zero-order valence-corrected chi connectivity index (χ0v) is 25.6. The molecule has 0 fully saturated rings. The highest BCUT2D eigenvalue weighted by Crippen LogP contribution is 2.30. The first kappa shape index (κ1) is 28.7. The van der Waals surface area contributed by atoms with Crippen LogP contribution in [0.2, 0.25) is 0 Å². The van der Waals surface area contributed by atoms with Crippen LogP contribution in [-0.4, -0.2) is 39.9 Å². The molecule has 0 unspecified atom stereocenters. The molecule has 0 radical (unpaired) electrons. The van der Waals surface area contributed by atoms with Crippen molar-refractivity contribution in [2.75, 3.05) is 0 Å². The average Bonchev–Trinajstić information content (AvgIpc) is 3.19. The molecule has 0 amide bonds. The van der Waals surface area contributed by atoms with Crippen molar-refractivity contribution in [2.45, 2.75) is 0 Å². The van der Waals surface area contributed by atoms with Crippen LogP contribution in [0, 0.1) is 0 Å². The van der Waals surface area contributed by atoms with Crippen LogP contribution in [0.25, 0.3) is 79.5 Å². The number of aromatic nitrogens is 8. The van der Waals surface area contributed by atoms with E-state index in [2.05, 4.69) is 16.0 Å². The largest absolute Gasteiger partial charge is 0.256 e. The van der Waals surface area contributed by atoms with Crippen molar-refractivity contribution in [2.24, 2.45) is 0 Å². The molecule has 0 aliphatic carbocycles. The van der Waals surface area contributed by atoms with E-state index in [1.807, 2.05) is 134 Å². The quantitative estimate of drug-likeness (QED) is 0.175. The highest BCUT2D eigenvalue weighted by molar-refractivity contribution is 5.75. The Labute approximate surface area is 277 Å². The highest BCUT2D eigenvalue weighted by atomic mass is 15.0. The Morgan fingerprint density at radius 3 is 1.27 bits per heavy atom. The third kappa shape index (κ3) is 6.05. The molecule has 8 rings (SSSR count). The first-order valence-electron chi connectivity index (χ1n) is 15.4. The molecule has 0 aliphatic heterocycles. The molecule has 226 valence electrons. The summed E-state index contributed by atoms with van der Waals surface area (Å²) in [4.78, 5) is 37.8. The van der Waals surface area contributed by atoms with Crippen LogP contribution in [-0.2, 0) is 0 Å². The molecule has 0 spiro atoms. The smallest absolute Gasteiger partial charge is 0.182 e. The van der Waals surface area contributed by atoms with Gasteiger partial charge in [-0.3, -0.25) is 19.9 Å². The van der Waals surface area contributed by atoms with Crippen molar-refractivity contribution < 1.29 is 0 Å². The van der Waals surface area contributed by atoms with Crippen LogP contribution in [0.4, 0.5) is 0 Å². The third-order valence-corrected chi connectivity index (χ3v) is 7.76. The highest BCUT2D eigenvalue weighted by Gasteiger charge is 2.14. The monoisotopic (exact) mass is 618 g/mol. The number of hydrogen-bond donors (Lipinski definition) is 0. The van der Waals surface area contributed by atoms with E-state index in [9.17, 15) is 0 Å². The molecule has 8 heteroatoms. The molecule has 0 N–H and O–H groups in total. The van der Waals surface area contributed by atoms with E-state index < -0.39 is 0 Å². The summed E-state index contributed by atoms with van der Waals surface area (Å²) in [6.07, 6.45) is 7.21. The van der Waals surface area contributed by atoms with Crippen LogP contribution in [0.15, 0.2) is 158 Å². The summed E-state index contributed by atoms with van der Waals surface area (Å²) in [7, 11) is 0. The van der Waals surface area contributed by atoms with E-state index in [0.717, 1.165) is 56.3 Å². The Morgan fingerprint density at radius 2 is 0.771 bits per heavy atom. The standard InChI is InChI=1S/C40H26N8/c1-3-11-27(12-4-1)38-46-39(28-13-5-2-6-14-28)48-40(47-38)35-20-18-30(26-44-35)32-19-17-29(25-43-32)31-23-36(33-15-7-9-21-41-33)45-37(24-31)34-16-8-10-22-42-34/h1-26H. The molecular formula is C40H26N8. The summed E-state index contributed by atoms with van der Waals surface area (Å²) < 4.78 is 0. The lowest BCUT2D eigenvalue weighted by atomic mass is 10.0. The zero-order chi connectivity index (χ0) is 32.1. The zero-order valence-electron chi connectivity index (χ0n) is 25.6. The van der Waals surface area contributed by atoms with Gasteiger partial charge in [-0.05, 0) is 60.2 Å². The fraction of sp³-hybridized carbons (Fsp3) is 0. The number of rotatable bonds is 7. The Morgan fingerprint density at radius 1 is 0.271 bits per heavy atom. The van der Waals surface area contributed by atoms with Crippen molar-refractivity contribution in [3.05, 3.63) is 158 Å². The molecule has 0 saturated heterocycles. The van der Waals surface area contributed by atoms with Gasteiger partial charge in [0.1, 0.15) is 5.69 Å². The Kier molecular flexibility index (Phi) is 7.70. The third-order valence-electron chi connectivity index (χ3n) is 7.76. The lowest BCUT2D eigenvalue weighted by Gasteiger charge is -2.10. The molecule has 0 bridgehead atoms. The van der Waals surface area contributed by atoms with Gasteiger partial charge in [0, 0.05) is 47.0 Å². The molecule has 6 heterocycles. The minimum absolute atomic E-state index is 0.502. The van der Waals surface area contributed by atoms with Crippen LogP contribution in [0.3, 0.4) is 0 Å². The minimum Gasteiger partial charge on any atom is -0.256 e. The van der Waals surface area contributed by atoms with Gasteiger partial charge < -0.3 is 0 Å². The van der Waals surface area contributed by atoms with Gasteiger partial charge in [-0.25, -0.2) is 19.9 Å². The fourth-order valence-corrected chi connectivity index (χ4v) is 5.32. The summed E-state index contributed by atoms with van der Waals surface area (Å²) >= 11 is 0. The van der Waals surface area contributed by atoms with Crippen molar-refractivity contribution >= 4 is 0 Å². The maximum absolute atomic E-state index is 4.88. The predicted octanol–water partition coefficient (Wildman–Crippen LogP) is 8.52. The van der Waals surface area contributed by atoms with Gasteiger partial charge in [0.05, 0.1) is 28.5 Å². The van der Waals surface area contributed by atoms with Crippen LogP contribution in [0.5, 0.6) is 0 Å². The summed E-state index contributed by atoms with van der Waals surface area (Å²) in [5, 5.41) is 0. The van der Waals surface area contributed by atoms with Gasteiger partial charge in [0.15, 0.2) is 17.5 Å². The molecule has 8 aromatic rings. The molecule has 2 aromatic carbocycles. The van der Waals surface area contributed by atoms with E-state index in [4.69, 9.17) is 29.9 Å². The summed E-state index contributed by atoms with van der Waals surface area (Å²) in [5.41, 5.74) is 9.17. The van der Waals surface area contributed by atoms with Crippen molar-refractivity contribution in [1.29, 1.82) is 0 Å². The maximum Gasteiger partial charge on any atom is 0.182 e. The molecule has 8 nitrogen and oxygen atoms in total. The van der Waals surface area contributed by atoms with Crippen molar-refractivity contribution in [3.8, 4) is 79.5 Å². The van der Waals surface area contributed by atoms with Gasteiger partial charge in [-0.15, -0.1) is 0 Å². The number of benzene rings is 2. The van der Waals surface area contributed by atoms with E-state index in [1.54, 1.807) is 18.6 Å². The molecule has 48 heavy (non-hydrogen) atoms. The number of nitrogens with zero attached hydrogens (tertiary/aromatic N) is 8. The van der Waals surface area contributed by atoms with Gasteiger partial charge in [0.25, 0.3) is 0 Å². The second kappa shape index (κ2) is 12.9.